The van der Waals surface area contributed by atoms with Crippen molar-refractivity contribution < 1.29 is 34.0 Å². The molecule has 0 aromatic heterocycles. The Kier molecular flexibility index (Phi) is 9.97. The van der Waals surface area contributed by atoms with E-state index in [1.165, 1.54) is 12.1 Å². The van der Waals surface area contributed by atoms with Crippen LogP contribution in [0.2, 0.25) is 0 Å². The molecule has 4 N–H and O–H groups in total. The smallest absolute Gasteiger partial charge is 0.317 e. The normalized spacial score (nSPS) is 22.1. The predicted molar refractivity (Wildman–Crippen MR) is 159 cm³/mol. The topological polar surface area (TPSA) is 151 Å². The summed E-state index contributed by atoms with van der Waals surface area (Å²) in [5.74, 6) is -2.38. The SMILES string of the molecule is CC1=NC(=S)NC(c2cccc(O)c2)C1C(=O)OCCOCCOC(=O)C1C(C)=NC(=S)NC1c1cccc(O)c1. The standard InChI is InChI=1S/C28H30N4O7S2/c1-15-21(23(31-27(40)29-15)17-5-3-7-19(33)13-17)25(35)38-11-9-37-10-12-39-26(36)22-16(2)30-28(41)32-24(22)18-6-4-8-20(34)14-18/h3-8,13-14,21-24,33-34H,9-12H2,1-2H3,(H,31,40)(H,32,41). The highest BCUT2D eigenvalue weighted by Crippen LogP contribution is 2.31. The second kappa shape index (κ2) is 13.6. The van der Waals surface area contributed by atoms with Gasteiger partial charge in [0.1, 0.15) is 36.5 Å². The van der Waals surface area contributed by atoms with E-state index in [0.29, 0.717) is 22.6 Å². The fraction of sp³-hybridized carbons (Fsp3) is 0.357. The van der Waals surface area contributed by atoms with E-state index >= 15 is 0 Å². The Hall–Kier alpha value is -3.94. The summed E-state index contributed by atoms with van der Waals surface area (Å²) in [6.45, 7) is 3.52. The second-order valence-corrected chi connectivity index (χ2v) is 10.2. The fourth-order valence-electron chi connectivity index (χ4n) is 4.72. The largest absolute Gasteiger partial charge is 0.508 e. The Morgan fingerprint density at radius 1 is 0.756 bits per heavy atom. The van der Waals surface area contributed by atoms with Crippen molar-refractivity contribution in [3.63, 3.8) is 0 Å². The zero-order chi connectivity index (χ0) is 29.5. The van der Waals surface area contributed by atoms with Crippen molar-refractivity contribution >= 4 is 58.0 Å². The molecule has 0 spiro atoms. The van der Waals surface area contributed by atoms with E-state index in [9.17, 15) is 19.8 Å². The summed E-state index contributed by atoms with van der Waals surface area (Å²) >= 11 is 10.4. The van der Waals surface area contributed by atoms with Crippen LogP contribution in [-0.4, -0.2) is 70.2 Å². The van der Waals surface area contributed by atoms with Gasteiger partial charge in [-0.1, -0.05) is 24.3 Å². The number of hydrogen-bond acceptors (Lipinski definition) is 9. The lowest BCUT2D eigenvalue weighted by molar-refractivity contribution is -0.150. The number of benzene rings is 2. The average molecular weight is 599 g/mol. The van der Waals surface area contributed by atoms with E-state index in [2.05, 4.69) is 20.6 Å². The molecule has 0 fully saturated rings. The van der Waals surface area contributed by atoms with Crippen molar-refractivity contribution in [2.24, 2.45) is 21.8 Å². The first-order valence-electron chi connectivity index (χ1n) is 12.8. The first-order valence-corrected chi connectivity index (χ1v) is 13.7. The molecule has 0 bridgehead atoms. The van der Waals surface area contributed by atoms with Crippen molar-refractivity contribution in [3.8, 4) is 11.5 Å². The van der Waals surface area contributed by atoms with Crippen molar-refractivity contribution in [2.45, 2.75) is 25.9 Å². The van der Waals surface area contributed by atoms with Crippen LogP contribution in [0, 0.1) is 11.8 Å². The summed E-state index contributed by atoms with van der Waals surface area (Å²) in [4.78, 5) is 34.3. The molecule has 2 aliphatic heterocycles. The summed E-state index contributed by atoms with van der Waals surface area (Å²) in [5, 5.41) is 26.3. The Labute approximate surface area is 247 Å². The summed E-state index contributed by atoms with van der Waals surface area (Å²) < 4.78 is 16.4. The number of aliphatic imine (C=N–C) groups is 2. The fourth-order valence-corrected chi connectivity index (χ4v) is 5.27. The summed E-state index contributed by atoms with van der Waals surface area (Å²) in [7, 11) is 0. The highest BCUT2D eigenvalue weighted by Gasteiger charge is 2.38. The van der Waals surface area contributed by atoms with Gasteiger partial charge in [0, 0.05) is 11.4 Å². The number of nitrogens with one attached hydrogen (secondary N) is 2. The molecule has 41 heavy (non-hydrogen) atoms. The minimum atomic E-state index is -0.745. The maximum atomic E-state index is 12.9. The van der Waals surface area contributed by atoms with E-state index in [1.807, 2.05) is 0 Å². The lowest BCUT2D eigenvalue weighted by Crippen LogP contribution is -2.44. The number of nitrogens with zero attached hydrogens (tertiary/aromatic N) is 2. The molecule has 0 radical (unpaired) electrons. The van der Waals surface area contributed by atoms with Crippen LogP contribution in [-0.2, 0) is 23.8 Å². The number of carbonyl (C=O) groups is 2. The molecule has 0 amide bonds. The number of aromatic hydroxyl groups is 2. The number of esters is 2. The van der Waals surface area contributed by atoms with Gasteiger partial charge in [0.2, 0.25) is 0 Å². The summed E-state index contributed by atoms with van der Waals surface area (Å²) in [5.41, 5.74) is 2.34. The molecule has 4 atom stereocenters. The van der Waals surface area contributed by atoms with E-state index in [-0.39, 0.29) is 48.2 Å². The number of carbonyl (C=O) groups excluding carboxylic acids is 2. The van der Waals surface area contributed by atoms with Crippen LogP contribution in [0.1, 0.15) is 37.1 Å². The second-order valence-electron chi connectivity index (χ2n) is 9.45. The maximum Gasteiger partial charge on any atom is 0.317 e. The van der Waals surface area contributed by atoms with Gasteiger partial charge >= 0.3 is 11.9 Å². The van der Waals surface area contributed by atoms with Crippen LogP contribution in [0.3, 0.4) is 0 Å². The summed E-state index contributed by atoms with van der Waals surface area (Å²) in [6, 6.07) is 12.0. The Bertz CT molecular complexity index is 1290. The average Bonchev–Trinajstić information content (AvgIpc) is 2.91. The molecule has 0 aliphatic carbocycles. The van der Waals surface area contributed by atoms with E-state index in [0.717, 1.165) is 0 Å². The van der Waals surface area contributed by atoms with Crippen LogP contribution in [0.5, 0.6) is 11.5 Å². The molecule has 2 aromatic rings. The molecule has 0 saturated carbocycles. The van der Waals surface area contributed by atoms with Crippen molar-refractivity contribution in [2.75, 3.05) is 26.4 Å². The van der Waals surface area contributed by atoms with Crippen molar-refractivity contribution in [1.29, 1.82) is 0 Å². The number of ether oxygens (including phenoxy) is 3. The van der Waals surface area contributed by atoms with Gasteiger partial charge in [-0.3, -0.25) is 9.59 Å². The highest BCUT2D eigenvalue weighted by molar-refractivity contribution is 7.80. The lowest BCUT2D eigenvalue weighted by atomic mass is 9.88. The monoisotopic (exact) mass is 598 g/mol. The van der Waals surface area contributed by atoms with Gasteiger partial charge in [0.05, 0.1) is 25.3 Å². The molecule has 13 heteroatoms. The quantitative estimate of drug-likeness (QED) is 0.182. The molecule has 216 valence electrons. The lowest BCUT2D eigenvalue weighted by Gasteiger charge is -2.31. The minimum Gasteiger partial charge on any atom is -0.508 e. The third-order valence-electron chi connectivity index (χ3n) is 6.59. The molecule has 2 heterocycles. The van der Waals surface area contributed by atoms with Gasteiger partial charge in [-0.15, -0.1) is 0 Å². The number of rotatable bonds is 10. The zero-order valence-electron chi connectivity index (χ0n) is 22.4. The third kappa shape index (κ3) is 7.63. The predicted octanol–water partition coefficient (Wildman–Crippen LogP) is 2.91. The van der Waals surface area contributed by atoms with Crippen LogP contribution in [0.4, 0.5) is 0 Å². The molecule has 2 aromatic carbocycles. The van der Waals surface area contributed by atoms with Crippen LogP contribution in [0.15, 0.2) is 58.5 Å². The van der Waals surface area contributed by atoms with Gasteiger partial charge in [-0.2, -0.15) is 0 Å². The summed E-state index contributed by atoms with van der Waals surface area (Å²) in [6.07, 6.45) is 0. The first kappa shape index (κ1) is 30.0. The van der Waals surface area contributed by atoms with E-state index in [1.54, 1.807) is 50.2 Å². The van der Waals surface area contributed by atoms with Crippen LogP contribution < -0.4 is 10.6 Å². The van der Waals surface area contributed by atoms with Gasteiger partial charge < -0.3 is 35.1 Å². The molecule has 4 rings (SSSR count). The van der Waals surface area contributed by atoms with Crippen molar-refractivity contribution in [3.05, 3.63) is 59.7 Å². The van der Waals surface area contributed by atoms with Crippen LogP contribution in [0.25, 0.3) is 0 Å². The van der Waals surface area contributed by atoms with Gasteiger partial charge in [0.25, 0.3) is 0 Å². The van der Waals surface area contributed by atoms with Crippen molar-refractivity contribution in [1.82, 2.24) is 10.6 Å². The Balaban J connectivity index is 1.25. The third-order valence-corrected chi connectivity index (χ3v) is 7.01. The number of hydrogen-bond donors (Lipinski definition) is 4. The minimum absolute atomic E-state index is 0.0247. The van der Waals surface area contributed by atoms with Gasteiger partial charge in [-0.05, 0) is 73.7 Å². The Morgan fingerprint density at radius 3 is 1.56 bits per heavy atom. The molecule has 4 unspecified atom stereocenters. The van der Waals surface area contributed by atoms with E-state index < -0.39 is 35.9 Å². The number of phenolic OH excluding ortho intramolecular Hbond substituents is 2. The number of phenols is 2. The Morgan fingerprint density at radius 2 is 1.17 bits per heavy atom. The molecule has 2 aliphatic rings. The van der Waals surface area contributed by atoms with Crippen LogP contribution >= 0.6 is 24.4 Å². The maximum absolute atomic E-state index is 12.9. The molecule has 11 nitrogen and oxygen atoms in total. The van der Waals surface area contributed by atoms with Gasteiger partial charge in [-0.25, -0.2) is 9.98 Å². The molecular weight excluding hydrogens is 568 g/mol. The highest BCUT2D eigenvalue weighted by atomic mass is 32.1. The number of thiocarbonyl (C=S) groups is 2. The zero-order valence-corrected chi connectivity index (χ0v) is 24.0. The first-order chi connectivity index (χ1) is 19.6. The van der Waals surface area contributed by atoms with E-state index in [4.69, 9.17) is 38.6 Å². The molecular formula is C28H30N4O7S2. The molecule has 0 saturated heterocycles. The van der Waals surface area contributed by atoms with Gasteiger partial charge in [0.15, 0.2) is 10.2 Å².